The number of halogens is 1. The van der Waals surface area contributed by atoms with Gasteiger partial charge in [-0.15, -0.1) is 0 Å². The number of benzene rings is 2. The van der Waals surface area contributed by atoms with E-state index in [0.717, 1.165) is 45.4 Å². The molecule has 2 aromatic carbocycles. The number of hydrogen-bond acceptors (Lipinski definition) is 3. The molecule has 0 atom stereocenters. The number of carbonyl (C=O) groups is 1. The lowest BCUT2D eigenvalue weighted by Crippen LogP contribution is -2.17. The van der Waals surface area contributed by atoms with Gasteiger partial charge >= 0.3 is 0 Å². The van der Waals surface area contributed by atoms with Crippen molar-refractivity contribution in [2.45, 2.75) is 34.1 Å². The molecule has 4 aromatic rings. The van der Waals surface area contributed by atoms with E-state index in [1.165, 1.54) is 0 Å². The number of rotatable bonds is 5. The second-order valence-corrected chi connectivity index (χ2v) is 8.06. The zero-order chi connectivity index (χ0) is 22.1. The van der Waals surface area contributed by atoms with Gasteiger partial charge in [0.1, 0.15) is 0 Å². The van der Waals surface area contributed by atoms with Crippen LogP contribution in [0, 0.1) is 27.7 Å². The molecule has 0 saturated heterocycles. The first-order valence-electron chi connectivity index (χ1n) is 10.1. The second kappa shape index (κ2) is 8.40. The standard InChI is InChI=1S/C24H24ClN5O/c1-15-13-16(2)29(27-15)23-8-6-5-7-22(23)26-24(31)14-21-17(3)28-30(18(21)4)20-11-9-19(25)10-12-20/h5-13H,14H2,1-4H3,(H,26,31). The van der Waals surface area contributed by atoms with Crippen molar-refractivity contribution in [3.63, 3.8) is 0 Å². The summed E-state index contributed by atoms with van der Waals surface area (Å²) in [5, 5.41) is 12.9. The molecule has 0 bridgehead atoms. The number of para-hydroxylation sites is 2. The Morgan fingerprint density at radius 1 is 0.968 bits per heavy atom. The van der Waals surface area contributed by atoms with Crippen LogP contribution in [0.5, 0.6) is 0 Å². The monoisotopic (exact) mass is 433 g/mol. The summed E-state index contributed by atoms with van der Waals surface area (Å²) < 4.78 is 3.69. The van der Waals surface area contributed by atoms with Gasteiger partial charge in [-0.1, -0.05) is 23.7 Å². The Labute approximate surface area is 186 Å². The van der Waals surface area contributed by atoms with E-state index in [4.69, 9.17) is 11.6 Å². The normalized spacial score (nSPS) is 11.0. The van der Waals surface area contributed by atoms with Crippen molar-refractivity contribution in [2.24, 2.45) is 0 Å². The zero-order valence-corrected chi connectivity index (χ0v) is 18.7. The number of nitrogens with one attached hydrogen (secondary N) is 1. The molecule has 0 radical (unpaired) electrons. The summed E-state index contributed by atoms with van der Waals surface area (Å²) in [6, 6.07) is 17.2. The molecule has 1 N–H and O–H groups in total. The van der Waals surface area contributed by atoms with E-state index in [1.54, 1.807) is 0 Å². The minimum atomic E-state index is -0.101. The second-order valence-electron chi connectivity index (χ2n) is 7.62. The van der Waals surface area contributed by atoms with Crippen molar-refractivity contribution in [2.75, 3.05) is 5.32 Å². The third kappa shape index (κ3) is 4.25. The first kappa shape index (κ1) is 20.9. The molecule has 1 amide bonds. The lowest BCUT2D eigenvalue weighted by Gasteiger charge is -2.12. The number of aryl methyl sites for hydroxylation is 3. The van der Waals surface area contributed by atoms with Gasteiger partial charge in [0.05, 0.1) is 34.9 Å². The van der Waals surface area contributed by atoms with E-state index in [9.17, 15) is 4.79 Å². The Hall–Kier alpha value is -3.38. The van der Waals surface area contributed by atoms with Gasteiger partial charge in [0.15, 0.2) is 0 Å². The Kier molecular flexibility index (Phi) is 5.65. The fourth-order valence-corrected chi connectivity index (χ4v) is 3.88. The molecule has 31 heavy (non-hydrogen) atoms. The van der Waals surface area contributed by atoms with Crippen LogP contribution >= 0.6 is 11.6 Å². The molecule has 0 aliphatic rings. The lowest BCUT2D eigenvalue weighted by atomic mass is 10.1. The maximum absolute atomic E-state index is 13.0. The van der Waals surface area contributed by atoms with Gasteiger partial charge in [0.2, 0.25) is 5.91 Å². The molecule has 7 heteroatoms. The number of aromatic nitrogens is 4. The Balaban J connectivity index is 1.58. The SMILES string of the molecule is Cc1cc(C)n(-c2ccccc2NC(=O)Cc2c(C)nn(-c3ccc(Cl)cc3)c2C)n1. The van der Waals surface area contributed by atoms with Crippen LogP contribution in [-0.2, 0) is 11.2 Å². The molecule has 0 unspecified atom stereocenters. The molecule has 0 aliphatic carbocycles. The average molecular weight is 434 g/mol. The number of anilines is 1. The third-order valence-electron chi connectivity index (χ3n) is 5.27. The molecule has 0 spiro atoms. The zero-order valence-electron chi connectivity index (χ0n) is 18.0. The molecule has 6 nitrogen and oxygen atoms in total. The quantitative estimate of drug-likeness (QED) is 0.474. The van der Waals surface area contributed by atoms with E-state index in [-0.39, 0.29) is 12.3 Å². The molecule has 2 aromatic heterocycles. The molecule has 0 aliphatic heterocycles. The van der Waals surface area contributed by atoms with Gasteiger partial charge < -0.3 is 5.32 Å². The summed E-state index contributed by atoms with van der Waals surface area (Å²) in [5.74, 6) is -0.101. The van der Waals surface area contributed by atoms with E-state index in [2.05, 4.69) is 15.5 Å². The summed E-state index contributed by atoms with van der Waals surface area (Å²) in [5.41, 5.74) is 7.08. The van der Waals surface area contributed by atoms with Crippen LogP contribution in [0.3, 0.4) is 0 Å². The van der Waals surface area contributed by atoms with Gasteiger partial charge in [-0.25, -0.2) is 9.36 Å². The van der Waals surface area contributed by atoms with Crippen molar-refractivity contribution in [1.29, 1.82) is 0 Å². The maximum atomic E-state index is 13.0. The summed E-state index contributed by atoms with van der Waals surface area (Å²) in [4.78, 5) is 13.0. The van der Waals surface area contributed by atoms with Crippen molar-refractivity contribution >= 4 is 23.2 Å². The minimum Gasteiger partial charge on any atom is -0.324 e. The smallest absolute Gasteiger partial charge is 0.228 e. The van der Waals surface area contributed by atoms with Gasteiger partial charge in [0, 0.05) is 22.0 Å². The number of amides is 1. The van der Waals surface area contributed by atoms with Crippen LogP contribution in [0.1, 0.15) is 28.3 Å². The third-order valence-corrected chi connectivity index (χ3v) is 5.52. The fourth-order valence-electron chi connectivity index (χ4n) is 3.76. The molecule has 2 heterocycles. The number of hydrogen-bond donors (Lipinski definition) is 1. The predicted octanol–water partition coefficient (Wildman–Crippen LogP) is 5.13. The Morgan fingerprint density at radius 3 is 2.35 bits per heavy atom. The first-order valence-corrected chi connectivity index (χ1v) is 10.4. The van der Waals surface area contributed by atoms with Crippen LogP contribution in [0.15, 0.2) is 54.6 Å². The highest BCUT2D eigenvalue weighted by Gasteiger charge is 2.17. The summed E-state index contributed by atoms with van der Waals surface area (Å²) in [6.45, 7) is 7.85. The van der Waals surface area contributed by atoms with Gasteiger partial charge in [0.25, 0.3) is 0 Å². The van der Waals surface area contributed by atoms with E-state index < -0.39 is 0 Å². The van der Waals surface area contributed by atoms with Crippen molar-refractivity contribution in [3.05, 3.63) is 88.0 Å². The van der Waals surface area contributed by atoms with Crippen molar-refractivity contribution in [3.8, 4) is 11.4 Å². The maximum Gasteiger partial charge on any atom is 0.228 e. The largest absolute Gasteiger partial charge is 0.324 e. The average Bonchev–Trinajstić information content (AvgIpc) is 3.21. The molecular weight excluding hydrogens is 410 g/mol. The fraction of sp³-hybridized carbons (Fsp3) is 0.208. The highest BCUT2D eigenvalue weighted by atomic mass is 35.5. The Bertz CT molecular complexity index is 1250. The topological polar surface area (TPSA) is 64.7 Å². The molecule has 4 rings (SSSR count). The van der Waals surface area contributed by atoms with Gasteiger partial charge in [-0.2, -0.15) is 10.2 Å². The van der Waals surface area contributed by atoms with Crippen LogP contribution < -0.4 is 5.32 Å². The van der Waals surface area contributed by atoms with Crippen LogP contribution in [0.2, 0.25) is 5.02 Å². The highest BCUT2D eigenvalue weighted by Crippen LogP contribution is 2.23. The Morgan fingerprint density at radius 2 is 1.68 bits per heavy atom. The first-order chi connectivity index (χ1) is 14.8. The minimum absolute atomic E-state index is 0.101. The van der Waals surface area contributed by atoms with Crippen LogP contribution in [0.25, 0.3) is 11.4 Å². The van der Waals surface area contributed by atoms with Gasteiger partial charge in [-0.3, -0.25) is 4.79 Å². The van der Waals surface area contributed by atoms with E-state index in [0.29, 0.717) is 5.02 Å². The molecule has 0 fully saturated rings. The van der Waals surface area contributed by atoms with E-state index in [1.807, 2.05) is 91.7 Å². The number of nitrogens with zero attached hydrogens (tertiary/aromatic N) is 4. The van der Waals surface area contributed by atoms with E-state index >= 15 is 0 Å². The summed E-state index contributed by atoms with van der Waals surface area (Å²) in [7, 11) is 0. The summed E-state index contributed by atoms with van der Waals surface area (Å²) in [6.07, 6.45) is 0.233. The molecular formula is C24H24ClN5O. The summed E-state index contributed by atoms with van der Waals surface area (Å²) >= 11 is 6.00. The lowest BCUT2D eigenvalue weighted by molar-refractivity contribution is -0.115. The van der Waals surface area contributed by atoms with Crippen LogP contribution in [-0.4, -0.2) is 25.5 Å². The highest BCUT2D eigenvalue weighted by molar-refractivity contribution is 6.30. The predicted molar refractivity (Wildman–Crippen MR) is 123 cm³/mol. The van der Waals surface area contributed by atoms with Crippen molar-refractivity contribution in [1.82, 2.24) is 19.6 Å². The molecule has 0 saturated carbocycles. The van der Waals surface area contributed by atoms with Crippen molar-refractivity contribution < 1.29 is 4.79 Å². The van der Waals surface area contributed by atoms with Crippen LogP contribution in [0.4, 0.5) is 5.69 Å². The molecule has 158 valence electrons. The number of carbonyl (C=O) groups excluding carboxylic acids is 1. The van der Waals surface area contributed by atoms with Gasteiger partial charge in [-0.05, 0) is 70.2 Å².